The topological polar surface area (TPSA) is 35.5 Å². The summed E-state index contributed by atoms with van der Waals surface area (Å²) in [6.07, 6.45) is 3.74. The summed E-state index contributed by atoms with van der Waals surface area (Å²) in [6.45, 7) is 6.50. The van der Waals surface area contributed by atoms with E-state index < -0.39 is 5.60 Å². The van der Waals surface area contributed by atoms with Gasteiger partial charge in [-0.15, -0.1) is 0 Å². The van der Waals surface area contributed by atoms with E-state index >= 15 is 0 Å². The Labute approximate surface area is 121 Å². The zero-order chi connectivity index (χ0) is 14.8. The smallest absolute Gasteiger partial charge is 0.198 e. The molecule has 0 saturated heterocycles. The van der Waals surface area contributed by atoms with Gasteiger partial charge in [-0.25, -0.2) is 0 Å². The molecule has 2 rings (SSSR count). The first kappa shape index (κ1) is 15.0. The Morgan fingerprint density at radius 1 is 1.25 bits per heavy atom. The van der Waals surface area contributed by atoms with Gasteiger partial charge in [-0.3, -0.25) is 4.79 Å². The zero-order valence-corrected chi connectivity index (χ0v) is 12.9. The number of Topliss-reactive ketones (excluding diaryl/α,β-unsaturated/α-hetero) is 1. The molecular formula is C17H24O3. The normalized spacial score (nSPS) is 17.2. The highest BCUT2D eigenvalue weighted by Crippen LogP contribution is 2.39. The average molecular weight is 276 g/mol. The van der Waals surface area contributed by atoms with Crippen LogP contribution in [0.1, 0.15) is 54.1 Å². The molecule has 0 bridgehead atoms. The molecular weight excluding hydrogens is 252 g/mol. The third-order valence-electron chi connectivity index (χ3n) is 4.14. The third-order valence-corrected chi connectivity index (χ3v) is 4.14. The van der Waals surface area contributed by atoms with Crippen molar-refractivity contribution < 1.29 is 14.3 Å². The first-order valence-corrected chi connectivity index (χ1v) is 7.38. The Kier molecular flexibility index (Phi) is 4.48. The Morgan fingerprint density at radius 2 is 1.90 bits per heavy atom. The van der Waals surface area contributed by atoms with Crippen LogP contribution in [0.3, 0.4) is 0 Å². The largest absolute Gasteiger partial charge is 0.496 e. The van der Waals surface area contributed by atoms with Crippen LogP contribution in [0, 0.1) is 13.8 Å². The second-order valence-electron chi connectivity index (χ2n) is 5.62. The van der Waals surface area contributed by atoms with Crippen molar-refractivity contribution in [3.8, 4) is 5.75 Å². The maximum atomic E-state index is 13.1. The van der Waals surface area contributed by atoms with E-state index in [1.165, 1.54) is 0 Å². The number of hydrogen-bond acceptors (Lipinski definition) is 3. The molecule has 0 unspecified atom stereocenters. The summed E-state index contributed by atoms with van der Waals surface area (Å²) < 4.78 is 11.3. The molecule has 0 aromatic heterocycles. The molecule has 0 N–H and O–H groups in total. The Morgan fingerprint density at radius 3 is 2.45 bits per heavy atom. The van der Waals surface area contributed by atoms with Crippen molar-refractivity contribution in [1.29, 1.82) is 0 Å². The molecule has 0 atom stereocenters. The summed E-state index contributed by atoms with van der Waals surface area (Å²) in [5.41, 5.74) is 2.13. The summed E-state index contributed by atoms with van der Waals surface area (Å²) in [5, 5.41) is 0. The standard InChI is InChI=1S/C17H24O3/c1-5-20-17(8-6-7-9-17)16(18)15-13(3)10-12(2)11-14(15)19-4/h10-11H,5-9H2,1-4H3. The van der Waals surface area contributed by atoms with Gasteiger partial charge in [-0.1, -0.05) is 6.07 Å². The van der Waals surface area contributed by atoms with Crippen LogP contribution in [-0.2, 0) is 4.74 Å². The summed E-state index contributed by atoms with van der Waals surface area (Å²) in [4.78, 5) is 13.1. The van der Waals surface area contributed by atoms with Gasteiger partial charge in [0.1, 0.15) is 11.4 Å². The fraction of sp³-hybridized carbons (Fsp3) is 0.588. The van der Waals surface area contributed by atoms with Crippen molar-refractivity contribution in [2.45, 2.75) is 52.1 Å². The molecule has 1 aliphatic carbocycles. The van der Waals surface area contributed by atoms with E-state index in [1.807, 2.05) is 32.9 Å². The average Bonchev–Trinajstić information content (AvgIpc) is 2.87. The van der Waals surface area contributed by atoms with Gasteiger partial charge in [0.25, 0.3) is 0 Å². The third kappa shape index (κ3) is 2.59. The van der Waals surface area contributed by atoms with Gasteiger partial charge in [0.2, 0.25) is 0 Å². The van der Waals surface area contributed by atoms with Gasteiger partial charge in [0.05, 0.1) is 12.7 Å². The van der Waals surface area contributed by atoms with Gasteiger partial charge in [-0.05, 0) is 63.6 Å². The van der Waals surface area contributed by atoms with E-state index in [4.69, 9.17) is 9.47 Å². The minimum absolute atomic E-state index is 0.0891. The van der Waals surface area contributed by atoms with Crippen LogP contribution < -0.4 is 4.74 Å². The first-order chi connectivity index (χ1) is 9.54. The Balaban J connectivity index is 2.47. The molecule has 0 heterocycles. The Bertz CT molecular complexity index is 499. The molecule has 0 spiro atoms. The maximum Gasteiger partial charge on any atom is 0.198 e. The molecule has 1 fully saturated rings. The fourth-order valence-corrected chi connectivity index (χ4v) is 3.27. The van der Waals surface area contributed by atoms with Crippen molar-refractivity contribution in [3.05, 3.63) is 28.8 Å². The molecule has 3 heteroatoms. The molecule has 0 amide bonds. The van der Waals surface area contributed by atoms with E-state index in [0.717, 1.165) is 36.8 Å². The number of rotatable bonds is 5. The Hall–Kier alpha value is -1.35. The number of aryl methyl sites for hydroxylation is 2. The lowest BCUT2D eigenvalue weighted by atomic mass is 9.87. The van der Waals surface area contributed by atoms with Crippen molar-refractivity contribution >= 4 is 5.78 Å². The molecule has 0 radical (unpaired) electrons. The van der Waals surface area contributed by atoms with E-state index in [0.29, 0.717) is 17.9 Å². The molecule has 1 aromatic carbocycles. The lowest BCUT2D eigenvalue weighted by Crippen LogP contribution is -2.39. The highest BCUT2D eigenvalue weighted by Gasteiger charge is 2.43. The molecule has 0 aliphatic heterocycles. The van der Waals surface area contributed by atoms with Crippen molar-refractivity contribution in [2.75, 3.05) is 13.7 Å². The van der Waals surface area contributed by atoms with Crippen LogP contribution >= 0.6 is 0 Å². The number of carbonyl (C=O) groups is 1. The van der Waals surface area contributed by atoms with Gasteiger partial charge >= 0.3 is 0 Å². The summed E-state index contributed by atoms with van der Waals surface area (Å²) >= 11 is 0. The summed E-state index contributed by atoms with van der Waals surface area (Å²) in [7, 11) is 1.62. The minimum atomic E-state index is -0.637. The van der Waals surface area contributed by atoms with Crippen LogP contribution in [0.25, 0.3) is 0 Å². The highest BCUT2D eigenvalue weighted by atomic mass is 16.5. The minimum Gasteiger partial charge on any atom is -0.496 e. The quantitative estimate of drug-likeness (QED) is 0.766. The summed E-state index contributed by atoms with van der Waals surface area (Å²) in [5.74, 6) is 0.754. The van der Waals surface area contributed by atoms with Crippen LogP contribution in [0.5, 0.6) is 5.75 Å². The van der Waals surface area contributed by atoms with Gasteiger partial charge in [0, 0.05) is 6.61 Å². The van der Waals surface area contributed by atoms with E-state index in [-0.39, 0.29) is 5.78 Å². The van der Waals surface area contributed by atoms with Gasteiger partial charge in [-0.2, -0.15) is 0 Å². The van der Waals surface area contributed by atoms with E-state index in [1.54, 1.807) is 7.11 Å². The number of hydrogen-bond donors (Lipinski definition) is 0. The van der Waals surface area contributed by atoms with E-state index in [2.05, 4.69) is 0 Å². The molecule has 1 saturated carbocycles. The molecule has 3 nitrogen and oxygen atoms in total. The van der Waals surface area contributed by atoms with Crippen molar-refractivity contribution in [3.63, 3.8) is 0 Å². The maximum absolute atomic E-state index is 13.1. The predicted molar refractivity (Wildman–Crippen MR) is 79.6 cm³/mol. The van der Waals surface area contributed by atoms with E-state index in [9.17, 15) is 4.79 Å². The monoisotopic (exact) mass is 276 g/mol. The molecule has 1 aromatic rings. The van der Waals surface area contributed by atoms with Crippen LogP contribution in [0.15, 0.2) is 12.1 Å². The van der Waals surface area contributed by atoms with Crippen molar-refractivity contribution in [2.24, 2.45) is 0 Å². The lowest BCUT2D eigenvalue weighted by Gasteiger charge is -2.28. The van der Waals surface area contributed by atoms with Gasteiger partial charge in [0.15, 0.2) is 5.78 Å². The number of benzene rings is 1. The van der Waals surface area contributed by atoms with Crippen molar-refractivity contribution in [1.82, 2.24) is 0 Å². The number of ketones is 1. The predicted octanol–water partition coefficient (Wildman–Crippen LogP) is 3.84. The van der Waals surface area contributed by atoms with Gasteiger partial charge < -0.3 is 9.47 Å². The second-order valence-corrected chi connectivity index (χ2v) is 5.62. The number of ether oxygens (including phenoxy) is 2. The molecule has 110 valence electrons. The second kappa shape index (κ2) is 5.96. The van der Waals surface area contributed by atoms with Crippen LogP contribution in [0.4, 0.5) is 0 Å². The molecule has 1 aliphatic rings. The SMILES string of the molecule is CCOC1(C(=O)c2c(C)cc(C)cc2OC)CCCC1. The van der Waals surface area contributed by atoms with Crippen LogP contribution in [-0.4, -0.2) is 25.1 Å². The summed E-state index contributed by atoms with van der Waals surface area (Å²) in [6, 6.07) is 3.96. The number of carbonyl (C=O) groups excluding carboxylic acids is 1. The fourth-order valence-electron chi connectivity index (χ4n) is 3.27. The lowest BCUT2D eigenvalue weighted by molar-refractivity contribution is -0.0165. The first-order valence-electron chi connectivity index (χ1n) is 7.38. The number of methoxy groups -OCH3 is 1. The highest BCUT2D eigenvalue weighted by molar-refractivity contribution is 6.06. The molecule has 20 heavy (non-hydrogen) atoms. The zero-order valence-electron chi connectivity index (χ0n) is 12.9. The van der Waals surface area contributed by atoms with Crippen LogP contribution in [0.2, 0.25) is 0 Å².